The molecule has 36 heavy (non-hydrogen) atoms. The molecule has 0 unspecified atom stereocenters. The molecule has 0 heterocycles. The number of rotatable bonds is 11. The fourth-order valence-corrected chi connectivity index (χ4v) is 5.21. The van der Waals surface area contributed by atoms with Crippen LogP contribution in [-0.2, 0) is 21.4 Å². The molecule has 0 radical (unpaired) electrons. The standard InChI is InChI=1S/C26H30N2O7S/c1-18-6-12-23(34-4)25(14-18)36(30,31)28(20-8-10-21(32-2)11-9-20)17-26(29)27-16-19-7-13-22(33-3)24(15-19)35-5/h6-15H,16-17H2,1-5H3,(H,27,29). The van der Waals surface area contributed by atoms with Crippen LogP contribution in [0.25, 0.3) is 0 Å². The molecule has 0 aromatic heterocycles. The van der Waals surface area contributed by atoms with Crippen molar-refractivity contribution in [2.24, 2.45) is 0 Å². The topological polar surface area (TPSA) is 103 Å². The number of benzene rings is 3. The lowest BCUT2D eigenvalue weighted by molar-refractivity contribution is -0.119. The number of amides is 1. The van der Waals surface area contributed by atoms with E-state index in [4.69, 9.17) is 18.9 Å². The zero-order chi connectivity index (χ0) is 26.3. The van der Waals surface area contributed by atoms with Gasteiger partial charge in [0.25, 0.3) is 10.0 Å². The SMILES string of the molecule is COc1ccc(N(CC(=O)NCc2ccc(OC)c(OC)c2)S(=O)(=O)c2cc(C)ccc2OC)cc1. The van der Waals surface area contributed by atoms with E-state index in [1.54, 1.807) is 61.5 Å². The number of nitrogens with one attached hydrogen (secondary N) is 1. The van der Waals surface area contributed by atoms with Gasteiger partial charge in [-0.05, 0) is 66.6 Å². The first-order valence-electron chi connectivity index (χ1n) is 11.0. The van der Waals surface area contributed by atoms with Crippen LogP contribution in [0.5, 0.6) is 23.0 Å². The highest BCUT2D eigenvalue weighted by Gasteiger charge is 2.30. The van der Waals surface area contributed by atoms with Crippen LogP contribution in [0.15, 0.2) is 65.6 Å². The van der Waals surface area contributed by atoms with Gasteiger partial charge in [-0.15, -0.1) is 0 Å². The quantitative estimate of drug-likeness (QED) is 0.417. The molecule has 0 saturated carbocycles. The molecule has 10 heteroatoms. The first-order chi connectivity index (χ1) is 17.2. The summed E-state index contributed by atoms with van der Waals surface area (Å²) >= 11 is 0. The molecule has 0 aliphatic heterocycles. The van der Waals surface area contributed by atoms with Gasteiger partial charge in [-0.3, -0.25) is 9.10 Å². The molecule has 1 amide bonds. The summed E-state index contributed by atoms with van der Waals surface area (Å²) < 4.78 is 49.7. The number of aryl methyl sites for hydroxylation is 1. The Morgan fingerprint density at radius 3 is 2.06 bits per heavy atom. The maximum Gasteiger partial charge on any atom is 0.268 e. The lowest BCUT2D eigenvalue weighted by Gasteiger charge is -2.25. The van der Waals surface area contributed by atoms with E-state index in [9.17, 15) is 13.2 Å². The van der Waals surface area contributed by atoms with Gasteiger partial charge in [0.15, 0.2) is 11.5 Å². The van der Waals surface area contributed by atoms with E-state index in [-0.39, 0.29) is 17.2 Å². The lowest BCUT2D eigenvalue weighted by atomic mass is 10.2. The van der Waals surface area contributed by atoms with Crippen LogP contribution in [0.4, 0.5) is 5.69 Å². The Balaban J connectivity index is 1.90. The van der Waals surface area contributed by atoms with Crippen molar-refractivity contribution in [3.05, 3.63) is 71.8 Å². The van der Waals surface area contributed by atoms with Gasteiger partial charge in [0.2, 0.25) is 5.91 Å². The minimum absolute atomic E-state index is 0.0338. The fourth-order valence-electron chi connectivity index (χ4n) is 3.55. The molecular weight excluding hydrogens is 484 g/mol. The predicted octanol–water partition coefficient (Wildman–Crippen LogP) is 3.54. The van der Waals surface area contributed by atoms with Gasteiger partial charge in [-0.1, -0.05) is 12.1 Å². The zero-order valence-corrected chi connectivity index (χ0v) is 21.7. The van der Waals surface area contributed by atoms with Crippen LogP contribution >= 0.6 is 0 Å². The minimum atomic E-state index is -4.17. The highest BCUT2D eigenvalue weighted by Crippen LogP contribution is 2.32. The van der Waals surface area contributed by atoms with Gasteiger partial charge in [-0.2, -0.15) is 0 Å². The average molecular weight is 515 g/mol. The zero-order valence-electron chi connectivity index (χ0n) is 20.9. The second-order valence-corrected chi connectivity index (χ2v) is 9.66. The molecule has 1 N–H and O–H groups in total. The Morgan fingerprint density at radius 2 is 1.44 bits per heavy atom. The van der Waals surface area contributed by atoms with Gasteiger partial charge >= 0.3 is 0 Å². The molecule has 0 atom stereocenters. The minimum Gasteiger partial charge on any atom is -0.497 e. The summed E-state index contributed by atoms with van der Waals surface area (Å²) in [6.07, 6.45) is 0. The molecule has 3 aromatic carbocycles. The monoisotopic (exact) mass is 514 g/mol. The highest BCUT2D eigenvalue weighted by molar-refractivity contribution is 7.93. The Labute approximate surface area is 211 Å². The van der Waals surface area contributed by atoms with Crippen molar-refractivity contribution in [1.82, 2.24) is 5.32 Å². The summed E-state index contributed by atoms with van der Waals surface area (Å²) in [4.78, 5) is 12.9. The maximum atomic E-state index is 13.8. The van der Waals surface area contributed by atoms with Crippen molar-refractivity contribution in [2.45, 2.75) is 18.4 Å². The van der Waals surface area contributed by atoms with Gasteiger partial charge in [-0.25, -0.2) is 8.42 Å². The number of nitrogens with zero attached hydrogens (tertiary/aromatic N) is 1. The third-order valence-electron chi connectivity index (χ3n) is 5.47. The Bertz CT molecular complexity index is 1310. The number of anilines is 1. The third-order valence-corrected chi connectivity index (χ3v) is 7.27. The van der Waals surface area contributed by atoms with Crippen molar-refractivity contribution in [2.75, 3.05) is 39.3 Å². The first kappa shape index (κ1) is 26.7. The summed E-state index contributed by atoms with van der Waals surface area (Å²) in [7, 11) is 1.81. The second kappa shape index (κ2) is 11.7. The van der Waals surface area contributed by atoms with Crippen LogP contribution in [0, 0.1) is 6.92 Å². The van der Waals surface area contributed by atoms with Crippen molar-refractivity contribution in [1.29, 1.82) is 0 Å². The second-order valence-electron chi connectivity index (χ2n) is 7.83. The smallest absolute Gasteiger partial charge is 0.268 e. The van der Waals surface area contributed by atoms with Crippen LogP contribution in [-0.4, -0.2) is 49.3 Å². The van der Waals surface area contributed by atoms with Gasteiger partial charge in [0, 0.05) is 6.54 Å². The molecule has 3 aromatic rings. The summed E-state index contributed by atoms with van der Waals surface area (Å²) in [5.74, 6) is 1.34. The van der Waals surface area contributed by atoms with E-state index < -0.39 is 22.5 Å². The Hall–Kier alpha value is -3.92. The fraction of sp³-hybridized carbons (Fsp3) is 0.269. The van der Waals surface area contributed by atoms with Crippen LogP contribution in [0.3, 0.4) is 0 Å². The lowest BCUT2D eigenvalue weighted by Crippen LogP contribution is -2.40. The summed E-state index contributed by atoms with van der Waals surface area (Å²) in [5.41, 5.74) is 1.81. The molecular formula is C26H30N2O7S. The number of hydrogen-bond donors (Lipinski definition) is 1. The van der Waals surface area contributed by atoms with Crippen molar-refractivity contribution < 1.29 is 32.2 Å². The summed E-state index contributed by atoms with van der Waals surface area (Å²) in [6.45, 7) is 1.51. The molecule has 0 bridgehead atoms. The molecule has 0 aliphatic rings. The number of methoxy groups -OCH3 is 4. The molecule has 9 nitrogen and oxygen atoms in total. The number of hydrogen-bond acceptors (Lipinski definition) is 7. The van der Waals surface area contributed by atoms with E-state index in [0.717, 1.165) is 15.4 Å². The Morgan fingerprint density at radius 1 is 0.806 bits per heavy atom. The van der Waals surface area contributed by atoms with Crippen LogP contribution in [0.1, 0.15) is 11.1 Å². The Kier molecular flexibility index (Phi) is 8.65. The van der Waals surface area contributed by atoms with Gasteiger partial charge < -0.3 is 24.3 Å². The van der Waals surface area contributed by atoms with Gasteiger partial charge in [0.1, 0.15) is 22.9 Å². The number of sulfonamides is 1. The molecule has 0 spiro atoms. The van der Waals surface area contributed by atoms with Crippen molar-refractivity contribution in [3.63, 3.8) is 0 Å². The molecule has 0 aliphatic carbocycles. The normalized spacial score (nSPS) is 10.9. The van der Waals surface area contributed by atoms with E-state index in [1.165, 1.54) is 34.5 Å². The molecule has 192 valence electrons. The first-order valence-corrected chi connectivity index (χ1v) is 12.5. The van der Waals surface area contributed by atoms with E-state index in [1.807, 2.05) is 0 Å². The van der Waals surface area contributed by atoms with E-state index in [0.29, 0.717) is 22.9 Å². The van der Waals surface area contributed by atoms with Crippen molar-refractivity contribution in [3.8, 4) is 23.0 Å². The molecule has 3 rings (SSSR count). The highest BCUT2D eigenvalue weighted by atomic mass is 32.2. The molecule has 0 saturated heterocycles. The summed E-state index contributed by atoms with van der Waals surface area (Å²) in [5, 5.41) is 2.78. The van der Waals surface area contributed by atoms with E-state index in [2.05, 4.69) is 5.32 Å². The average Bonchev–Trinajstić information content (AvgIpc) is 2.90. The largest absolute Gasteiger partial charge is 0.497 e. The number of carbonyl (C=O) groups excluding carboxylic acids is 1. The van der Waals surface area contributed by atoms with Crippen LogP contribution < -0.4 is 28.6 Å². The third kappa shape index (κ3) is 6.01. The number of carbonyl (C=O) groups is 1. The van der Waals surface area contributed by atoms with Crippen LogP contribution in [0.2, 0.25) is 0 Å². The predicted molar refractivity (Wildman–Crippen MR) is 137 cm³/mol. The maximum absolute atomic E-state index is 13.8. The molecule has 0 fully saturated rings. The van der Waals surface area contributed by atoms with Gasteiger partial charge in [0.05, 0.1) is 34.1 Å². The number of ether oxygens (including phenoxy) is 4. The van der Waals surface area contributed by atoms with Crippen molar-refractivity contribution >= 4 is 21.6 Å². The van der Waals surface area contributed by atoms with E-state index >= 15 is 0 Å². The summed E-state index contributed by atoms with van der Waals surface area (Å²) in [6, 6.07) is 16.6.